The molecule has 0 aliphatic rings. The lowest BCUT2D eigenvalue weighted by atomic mass is 9.86. The number of ether oxygens (including phenoxy) is 2. The molecular weight excluding hydrogens is 326 g/mol. The van der Waals surface area contributed by atoms with Crippen LogP contribution in [-0.2, 0) is 5.41 Å². The van der Waals surface area contributed by atoms with Crippen LogP contribution in [-0.4, -0.2) is 24.6 Å². The molecule has 24 heavy (non-hydrogen) atoms. The summed E-state index contributed by atoms with van der Waals surface area (Å²) in [7, 11) is 0. The van der Waals surface area contributed by atoms with Crippen molar-refractivity contribution in [3.05, 3.63) is 58.6 Å². The van der Waals surface area contributed by atoms with E-state index in [9.17, 15) is 0 Å². The molecular formula is C19H22ClNO3. The Labute approximate surface area is 147 Å². The first-order valence-electron chi connectivity index (χ1n) is 7.74. The molecule has 1 N–H and O–H groups in total. The molecule has 0 heterocycles. The summed E-state index contributed by atoms with van der Waals surface area (Å²) in [5, 5.41) is 12.3. The number of benzene rings is 2. The fraction of sp³-hybridized carbons (Fsp3) is 0.316. The Morgan fingerprint density at radius 2 is 1.71 bits per heavy atom. The van der Waals surface area contributed by atoms with Crippen molar-refractivity contribution >= 4 is 17.8 Å². The van der Waals surface area contributed by atoms with Gasteiger partial charge in [0.1, 0.15) is 24.7 Å². The van der Waals surface area contributed by atoms with Crippen molar-refractivity contribution < 1.29 is 14.7 Å². The number of halogens is 1. The lowest BCUT2D eigenvalue weighted by Crippen LogP contribution is -2.16. The van der Waals surface area contributed by atoms with Crippen molar-refractivity contribution in [2.24, 2.45) is 5.16 Å². The Kier molecular flexibility index (Phi) is 6.10. The van der Waals surface area contributed by atoms with Gasteiger partial charge in [0.15, 0.2) is 0 Å². The molecule has 0 saturated heterocycles. The van der Waals surface area contributed by atoms with E-state index in [4.69, 9.17) is 26.3 Å². The Morgan fingerprint density at radius 1 is 1.04 bits per heavy atom. The van der Waals surface area contributed by atoms with E-state index in [0.29, 0.717) is 29.5 Å². The summed E-state index contributed by atoms with van der Waals surface area (Å²) in [5.41, 5.74) is 1.78. The molecule has 2 aromatic rings. The van der Waals surface area contributed by atoms with Crippen LogP contribution in [0.4, 0.5) is 0 Å². The summed E-state index contributed by atoms with van der Waals surface area (Å²) in [6.07, 6.45) is 1.29. The topological polar surface area (TPSA) is 51.0 Å². The summed E-state index contributed by atoms with van der Waals surface area (Å²) in [6.45, 7) is 7.23. The molecule has 0 bridgehead atoms. The molecule has 2 aromatic carbocycles. The maximum absolute atomic E-state index is 8.71. The summed E-state index contributed by atoms with van der Waals surface area (Å²) >= 11 is 5.93. The Bertz CT molecular complexity index is 708. The molecule has 4 nitrogen and oxygen atoms in total. The first-order valence-corrected chi connectivity index (χ1v) is 8.11. The Hall–Kier alpha value is -2.20. The van der Waals surface area contributed by atoms with E-state index in [0.717, 1.165) is 11.3 Å². The minimum Gasteiger partial charge on any atom is -0.490 e. The summed E-state index contributed by atoms with van der Waals surface area (Å²) in [4.78, 5) is 0. The maximum Gasteiger partial charge on any atom is 0.128 e. The number of para-hydroxylation sites is 1. The Balaban J connectivity index is 1.97. The minimum atomic E-state index is 0.0123. The normalized spacial score (nSPS) is 11.7. The van der Waals surface area contributed by atoms with E-state index >= 15 is 0 Å². The molecule has 0 aliphatic carbocycles. The standard InChI is InChI=1S/C19H22ClNO3/c1-19(2,3)16-6-4-5-7-18(16)24-11-10-23-17-9-8-15(20)12-14(17)13-21-22/h4-9,12-13,22H,10-11H2,1-3H3. The molecule has 0 atom stereocenters. The molecule has 0 radical (unpaired) electrons. The molecule has 0 unspecified atom stereocenters. The van der Waals surface area contributed by atoms with Crippen LogP contribution in [0.3, 0.4) is 0 Å². The highest BCUT2D eigenvalue weighted by Gasteiger charge is 2.18. The zero-order chi connectivity index (χ0) is 17.6. The van der Waals surface area contributed by atoms with Gasteiger partial charge in [-0.05, 0) is 35.2 Å². The quantitative estimate of drug-likeness (QED) is 0.350. The SMILES string of the molecule is CC(C)(C)c1ccccc1OCCOc1ccc(Cl)cc1C=NO. The van der Waals surface area contributed by atoms with Gasteiger partial charge in [0, 0.05) is 10.6 Å². The zero-order valence-electron chi connectivity index (χ0n) is 14.1. The van der Waals surface area contributed by atoms with Crippen molar-refractivity contribution in [1.29, 1.82) is 0 Å². The van der Waals surface area contributed by atoms with Gasteiger partial charge in [0.2, 0.25) is 0 Å². The van der Waals surface area contributed by atoms with Crippen LogP contribution < -0.4 is 9.47 Å². The molecule has 0 amide bonds. The summed E-state index contributed by atoms with van der Waals surface area (Å²) in [6, 6.07) is 13.1. The highest BCUT2D eigenvalue weighted by Crippen LogP contribution is 2.31. The highest BCUT2D eigenvalue weighted by atomic mass is 35.5. The fourth-order valence-electron chi connectivity index (χ4n) is 2.33. The lowest BCUT2D eigenvalue weighted by Gasteiger charge is -2.22. The van der Waals surface area contributed by atoms with E-state index in [1.807, 2.05) is 18.2 Å². The van der Waals surface area contributed by atoms with Crippen LogP contribution in [0.2, 0.25) is 5.02 Å². The predicted octanol–water partition coefficient (Wildman–Crippen LogP) is 4.90. The van der Waals surface area contributed by atoms with Crippen LogP contribution in [0.5, 0.6) is 11.5 Å². The second-order valence-corrected chi connectivity index (χ2v) is 6.81. The van der Waals surface area contributed by atoms with E-state index in [-0.39, 0.29) is 5.41 Å². The van der Waals surface area contributed by atoms with E-state index in [1.54, 1.807) is 18.2 Å². The second-order valence-electron chi connectivity index (χ2n) is 6.37. The van der Waals surface area contributed by atoms with Crippen molar-refractivity contribution in [3.8, 4) is 11.5 Å². The number of oxime groups is 1. The second kappa shape index (κ2) is 8.06. The maximum atomic E-state index is 8.71. The summed E-state index contributed by atoms with van der Waals surface area (Å²) in [5.74, 6) is 1.45. The number of rotatable bonds is 6. The average Bonchev–Trinajstić information content (AvgIpc) is 2.53. The third kappa shape index (κ3) is 4.90. The van der Waals surface area contributed by atoms with Gasteiger partial charge in [0.05, 0.1) is 6.21 Å². The predicted molar refractivity (Wildman–Crippen MR) is 97.0 cm³/mol. The third-order valence-corrected chi connectivity index (χ3v) is 3.70. The van der Waals surface area contributed by atoms with Gasteiger partial charge < -0.3 is 14.7 Å². The van der Waals surface area contributed by atoms with Gasteiger partial charge in [-0.25, -0.2) is 0 Å². The van der Waals surface area contributed by atoms with Crippen LogP contribution in [0.25, 0.3) is 0 Å². The van der Waals surface area contributed by atoms with Gasteiger partial charge in [-0.15, -0.1) is 0 Å². The smallest absolute Gasteiger partial charge is 0.128 e. The molecule has 0 fully saturated rings. The van der Waals surface area contributed by atoms with Gasteiger partial charge >= 0.3 is 0 Å². The van der Waals surface area contributed by atoms with Crippen molar-refractivity contribution in [1.82, 2.24) is 0 Å². The third-order valence-electron chi connectivity index (χ3n) is 3.46. The first-order chi connectivity index (χ1) is 11.4. The monoisotopic (exact) mass is 347 g/mol. The first kappa shape index (κ1) is 18.1. The minimum absolute atomic E-state index is 0.0123. The molecule has 0 aromatic heterocycles. The molecule has 0 spiro atoms. The lowest BCUT2D eigenvalue weighted by molar-refractivity contribution is 0.214. The highest BCUT2D eigenvalue weighted by molar-refractivity contribution is 6.30. The molecule has 0 saturated carbocycles. The number of hydrogen-bond acceptors (Lipinski definition) is 4. The molecule has 0 aliphatic heterocycles. The van der Waals surface area contributed by atoms with Crippen molar-refractivity contribution in [2.45, 2.75) is 26.2 Å². The van der Waals surface area contributed by atoms with Crippen LogP contribution in [0.1, 0.15) is 31.9 Å². The molecule has 5 heteroatoms. The van der Waals surface area contributed by atoms with Gasteiger partial charge in [0.25, 0.3) is 0 Å². The zero-order valence-corrected chi connectivity index (χ0v) is 14.9. The number of hydrogen-bond donors (Lipinski definition) is 1. The van der Waals surface area contributed by atoms with Crippen molar-refractivity contribution in [2.75, 3.05) is 13.2 Å². The van der Waals surface area contributed by atoms with E-state index in [2.05, 4.69) is 32.0 Å². The fourth-order valence-corrected chi connectivity index (χ4v) is 2.51. The van der Waals surface area contributed by atoms with Crippen LogP contribution in [0, 0.1) is 0 Å². The van der Waals surface area contributed by atoms with E-state index in [1.165, 1.54) is 6.21 Å². The summed E-state index contributed by atoms with van der Waals surface area (Å²) < 4.78 is 11.6. The van der Waals surface area contributed by atoms with E-state index < -0.39 is 0 Å². The largest absolute Gasteiger partial charge is 0.490 e. The van der Waals surface area contributed by atoms with Gasteiger partial charge in [-0.2, -0.15) is 0 Å². The van der Waals surface area contributed by atoms with Gasteiger partial charge in [-0.3, -0.25) is 0 Å². The van der Waals surface area contributed by atoms with Gasteiger partial charge in [-0.1, -0.05) is 55.7 Å². The van der Waals surface area contributed by atoms with Crippen LogP contribution >= 0.6 is 11.6 Å². The van der Waals surface area contributed by atoms with Crippen molar-refractivity contribution in [3.63, 3.8) is 0 Å². The molecule has 2 rings (SSSR count). The van der Waals surface area contributed by atoms with Crippen LogP contribution in [0.15, 0.2) is 47.6 Å². The molecule has 128 valence electrons. The number of nitrogens with zero attached hydrogens (tertiary/aromatic N) is 1. The Morgan fingerprint density at radius 3 is 2.38 bits per heavy atom. The average molecular weight is 348 g/mol.